The third kappa shape index (κ3) is 5.53. The standard InChI is InChI=1S/C6H10O4/c1-5(2-3-10-9)4-6(7)8/h1,5,9H,2-4H2,(H,7,8). The predicted molar refractivity (Wildman–Crippen MR) is 33.2 cm³/mol. The Kier molecular flexibility index (Phi) is 4.88. The summed E-state index contributed by atoms with van der Waals surface area (Å²) in [6, 6.07) is 0. The van der Waals surface area contributed by atoms with Gasteiger partial charge in [-0.15, -0.1) is 0 Å². The van der Waals surface area contributed by atoms with Crippen molar-refractivity contribution in [3.63, 3.8) is 0 Å². The SMILES string of the molecule is [CH]C(CCOO)CC(=O)O. The van der Waals surface area contributed by atoms with Crippen molar-refractivity contribution in [2.24, 2.45) is 5.92 Å². The van der Waals surface area contributed by atoms with E-state index in [9.17, 15) is 4.79 Å². The highest BCUT2D eigenvalue weighted by molar-refractivity contribution is 5.67. The maximum atomic E-state index is 9.99. The van der Waals surface area contributed by atoms with Gasteiger partial charge in [0.05, 0.1) is 6.61 Å². The maximum absolute atomic E-state index is 9.99. The third-order valence-corrected chi connectivity index (χ3v) is 1.02. The maximum Gasteiger partial charge on any atom is 0.303 e. The van der Waals surface area contributed by atoms with Gasteiger partial charge in [-0.3, -0.25) is 10.1 Å². The lowest BCUT2D eigenvalue weighted by atomic mass is 10.1. The normalized spacial score (nSPS) is 13.0. The number of hydrogen-bond donors (Lipinski definition) is 2. The van der Waals surface area contributed by atoms with Gasteiger partial charge in [-0.2, -0.15) is 0 Å². The Morgan fingerprint density at radius 3 is 2.70 bits per heavy atom. The summed E-state index contributed by atoms with van der Waals surface area (Å²) in [6.07, 6.45) is 0.256. The van der Waals surface area contributed by atoms with Gasteiger partial charge < -0.3 is 5.11 Å². The Labute approximate surface area is 59.4 Å². The van der Waals surface area contributed by atoms with Crippen molar-refractivity contribution >= 4 is 5.97 Å². The van der Waals surface area contributed by atoms with Crippen LogP contribution in [0, 0.1) is 12.8 Å². The van der Waals surface area contributed by atoms with Gasteiger partial charge >= 0.3 is 5.97 Å². The van der Waals surface area contributed by atoms with E-state index in [4.69, 9.17) is 17.3 Å². The lowest BCUT2D eigenvalue weighted by Crippen LogP contribution is -2.06. The quantitative estimate of drug-likeness (QED) is 0.442. The second kappa shape index (κ2) is 5.20. The first-order valence-electron chi connectivity index (χ1n) is 2.90. The Hall–Kier alpha value is -0.610. The number of carboxylic acid groups (broad SMARTS) is 1. The molecule has 0 amide bonds. The second-order valence-corrected chi connectivity index (χ2v) is 1.98. The van der Waals surface area contributed by atoms with Crippen LogP contribution in [0.5, 0.6) is 0 Å². The summed E-state index contributed by atoms with van der Waals surface area (Å²) < 4.78 is 0. The average molecular weight is 146 g/mol. The molecular weight excluding hydrogens is 136 g/mol. The molecule has 0 rings (SSSR count). The number of rotatable bonds is 5. The monoisotopic (exact) mass is 146 g/mol. The molecule has 0 heterocycles. The van der Waals surface area contributed by atoms with Gasteiger partial charge in [-0.25, -0.2) is 4.89 Å². The molecule has 1 unspecified atom stereocenters. The van der Waals surface area contributed by atoms with Crippen LogP contribution < -0.4 is 0 Å². The Morgan fingerprint density at radius 2 is 2.30 bits per heavy atom. The van der Waals surface area contributed by atoms with Gasteiger partial charge in [0.15, 0.2) is 0 Å². The number of carboxylic acids is 1. The number of aliphatic carboxylic acids is 1. The topological polar surface area (TPSA) is 66.8 Å². The van der Waals surface area contributed by atoms with Crippen LogP contribution in [0.1, 0.15) is 12.8 Å². The second-order valence-electron chi connectivity index (χ2n) is 1.98. The van der Waals surface area contributed by atoms with Crippen LogP contribution in [-0.2, 0) is 9.68 Å². The molecule has 0 saturated heterocycles. The molecule has 0 bridgehead atoms. The van der Waals surface area contributed by atoms with Crippen molar-refractivity contribution < 1.29 is 20.0 Å². The first-order chi connectivity index (χ1) is 4.66. The molecule has 0 aliphatic heterocycles. The molecule has 0 aromatic carbocycles. The molecule has 4 nitrogen and oxygen atoms in total. The zero-order valence-corrected chi connectivity index (χ0v) is 5.49. The Bertz CT molecular complexity index is 102. The van der Waals surface area contributed by atoms with E-state index in [-0.39, 0.29) is 13.0 Å². The molecule has 2 radical (unpaired) electrons. The lowest BCUT2D eigenvalue weighted by molar-refractivity contribution is -0.243. The predicted octanol–water partition coefficient (Wildman–Crippen LogP) is 0.668. The summed E-state index contributed by atoms with van der Waals surface area (Å²) in [5.74, 6) is -1.38. The zero-order chi connectivity index (χ0) is 7.98. The summed E-state index contributed by atoms with van der Waals surface area (Å²) >= 11 is 0. The van der Waals surface area contributed by atoms with Crippen LogP contribution in [-0.4, -0.2) is 22.9 Å². The van der Waals surface area contributed by atoms with E-state index in [0.717, 1.165) is 0 Å². The smallest absolute Gasteiger partial charge is 0.303 e. The molecule has 0 saturated carbocycles. The van der Waals surface area contributed by atoms with Gasteiger partial charge in [0, 0.05) is 6.42 Å². The van der Waals surface area contributed by atoms with E-state index >= 15 is 0 Å². The zero-order valence-electron chi connectivity index (χ0n) is 5.49. The van der Waals surface area contributed by atoms with Crippen molar-refractivity contribution in [2.45, 2.75) is 12.8 Å². The third-order valence-electron chi connectivity index (χ3n) is 1.02. The van der Waals surface area contributed by atoms with Crippen LogP contribution >= 0.6 is 0 Å². The summed E-state index contributed by atoms with van der Waals surface area (Å²) in [5, 5.41) is 16.0. The fourth-order valence-electron chi connectivity index (χ4n) is 0.530. The molecule has 0 aliphatic rings. The molecule has 0 aromatic rings. The highest BCUT2D eigenvalue weighted by atomic mass is 17.1. The Balaban J connectivity index is 3.25. The number of carbonyl (C=O) groups is 1. The minimum absolute atomic E-state index is 0.0778. The van der Waals surface area contributed by atoms with E-state index in [1.165, 1.54) is 0 Å². The molecule has 0 fully saturated rings. The van der Waals surface area contributed by atoms with Gasteiger partial charge in [0.1, 0.15) is 0 Å². The van der Waals surface area contributed by atoms with E-state index in [1.807, 2.05) is 0 Å². The Morgan fingerprint density at radius 1 is 1.70 bits per heavy atom. The molecular formula is C6H10O4. The van der Waals surface area contributed by atoms with Gasteiger partial charge in [-0.1, -0.05) is 0 Å². The van der Waals surface area contributed by atoms with E-state index < -0.39 is 11.9 Å². The van der Waals surface area contributed by atoms with Crippen molar-refractivity contribution in [1.29, 1.82) is 0 Å². The fraction of sp³-hybridized carbons (Fsp3) is 0.667. The lowest BCUT2D eigenvalue weighted by Gasteiger charge is -2.04. The molecule has 1 atom stereocenters. The average Bonchev–Trinajstić information content (AvgIpc) is 1.82. The highest BCUT2D eigenvalue weighted by Crippen LogP contribution is 2.05. The van der Waals surface area contributed by atoms with E-state index in [0.29, 0.717) is 6.42 Å². The van der Waals surface area contributed by atoms with Crippen molar-refractivity contribution in [3.05, 3.63) is 6.92 Å². The summed E-state index contributed by atoms with van der Waals surface area (Å²) in [6.45, 7) is 5.37. The van der Waals surface area contributed by atoms with Crippen LogP contribution in [0.4, 0.5) is 0 Å². The molecule has 10 heavy (non-hydrogen) atoms. The molecule has 0 aromatic heterocycles. The fourth-order valence-corrected chi connectivity index (χ4v) is 0.530. The summed E-state index contributed by atoms with van der Waals surface area (Å²) in [5.41, 5.74) is 0. The van der Waals surface area contributed by atoms with Crippen molar-refractivity contribution in [1.82, 2.24) is 0 Å². The van der Waals surface area contributed by atoms with Crippen LogP contribution in [0.2, 0.25) is 0 Å². The minimum Gasteiger partial charge on any atom is -0.481 e. The van der Waals surface area contributed by atoms with Gasteiger partial charge in [0.25, 0.3) is 0 Å². The summed E-state index contributed by atoms with van der Waals surface area (Å²) in [7, 11) is 0. The molecule has 58 valence electrons. The molecule has 2 N–H and O–H groups in total. The van der Waals surface area contributed by atoms with Crippen molar-refractivity contribution in [3.8, 4) is 0 Å². The molecule has 0 aliphatic carbocycles. The minimum atomic E-state index is -0.939. The van der Waals surface area contributed by atoms with Crippen LogP contribution in [0.15, 0.2) is 0 Å². The number of hydrogen-bond acceptors (Lipinski definition) is 3. The van der Waals surface area contributed by atoms with Gasteiger partial charge in [-0.05, 0) is 19.3 Å². The van der Waals surface area contributed by atoms with Crippen LogP contribution in [0.3, 0.4) is 0 Å². The first-order valence-corrected chi connectivity index (χ1v) is 2.90. The molecule has 0 spiro atoms. The first kappa shape index (κ1) is 9.39. The molecule has 4 heteroatoms. The summed E-state index contributed by atoms with van der Waals surface area (Å²) in [4.78, 5) is 13.7. The van der Waals surface area contributed by atoms with E-state index in [1.54, 1.807) is 0 Å². The van der Waals surface area contributed by atoms with Crippen LogP contribution in [0.25, 0.3) is 0 Å². The largest absolute Gasteiger partial charge is 0.481 e. The van der Waals surface area contributed by atoms with Gasteiger partial charge in [0.2, 0.25) is 0 Å². The van der Waals surface area contributed by atoms with E-state index in [2.05, 4.69) is 4.89 Å². The van der Waals surface area contributed by atoms with Crippen molar-refractivity contribution in [2.75, 3.05) is 6.61 Å². The highest BCUT2D eigenvalue weighted by Gasteiger charge is 2.06.